The number of sulfonamides is 1. The number of nitro groups is 1. The van der Waals surface area contributed by atoms with E-state index in [0.717, 1.165) is 75.5 Å². The Labute approximate surface area is 427 Å². The van der Waals surface area contributed by atoms with Gasteiger partial charge >= 0.3 is 0 Å². The summed E-state index contributed by atoms with van der Waals surface area (Å²) in [6, 6.07) is 22.2. The van der Waals surface area contributed by atoms with Gasteiger partial charge in [0.1, 0.15) is 23.1 Å². The van der Waals surface area contributed by atoms with E-state index in [9.17, 15) is 28.4 Å². The normalized spacial score (nSPS) is 27.2. The third kappa shape index (κ3) is 9.42. The number of rotatable bonds is 12. The first-order valence-corrected chi connectivity index (χ1v) is 27.7. The van der Waals surface area contributed by atoms with Gasteiger partial charge in [-0.15, -0.1) is 0 Å². The van der Waals surface area contributed by atoms with Gasteiger partial charge in [0.25, 0.3) is 21.6 Å². The number of pyridine rings is 1. The molecule has 11 rings (SSSR count). The Morgan fingerprint density at radius 1 is 0.945 bits per heavy atom. The molecule has 2 aliphatic carbocycles. The number of nitrogens with zero attached hydrogens (tertiary/aromatic N) is 5. The fourth-order valence-electron chi connectivity index (χ4n) is 12.9. The highest BCUT2D eigenvalue weighted by Gasteiger charge is 2.55. The van der Waals surface area contributed by atoms with Crippen molar-refractivity contribution in [3.63, 3.8) is 0 Å². The average molecular weight is 1020 g/mol. The molecule has 5 fully saturated rings. The summed E-state index contributed by atoms with van der Waals surface area (Å²) in [7, 11) is -4.63. The van der Waals surface area contributed by atoms with Crippen LogP contribution < -0.4 is 24.6 Å². The van der Waals surface area contributed by atoms with Crippen molar-refractivity contribution in [2.24, 2.45) is 17.3 Å². The van der Waals surface area contributed by atoms with Gasteiger partial charge in [-0.25, -0.2) is 13.1 Å². The van der Waals surface area contributed by atoms with Gasteiger partial charge in [0, 0.05) is 62.0 Å². The summed E-state index contributed by atoms with van der Waals surface area (Å²) in [5.41, 5.74) is 4.74. The number of aromatic amines is 1. The number of hydrogen-bond donors (Lipinski definition) is 4. The number of ether oxygens (including phenoxy) is 3. The van der Waals surface area contributed by atoms with Crippen LogP contribution >= 0.6 is 0 Å². The standard InChI is InChI=1S/C55H68N8O9S/c1-34(2)40-7-5-6-8-41(40)48-32-71-26-24-61(48)47-30-55(35(47)3)19-22-60(23-20-55)38-9-11-42(44(28-38)62-46-27-37-15-21-56-51(37)58-53(46)72-50-16-25-70-33-49(50)62)52(64)59-73(68,69)39-10-12-43(45(29-39)63(66)67)57-31-36-13-17-54(4,65)18-14-36/h5-12,15,21,27-29,34-36,47-50,57,65H,13-14,16-20,22-26,30-33H2,1-4H3,(H,56,58)(H,59,64)/t35-,36?,47-,48+,49+,50+,54?/m0/s1. The van der Waals surface area contributed by atoms with Gasteiger partial charge in [0.2, 0.25) is 5.88 Å². The van der Waals surface area contributed by atoms with Gasteiger partial charge in [-0.2, -0.15) is 4.98 Å². The van der Waals surface area contributed by atoms with E-state index in [4.69, 9.17) is 19.2 Å². The van der Waals surface area contributed by atoms with Gasteiger partial charge in [0.05, 0.1) is 65.2 Å². The second-order valence-electron chi connectivity index (χ2n) is 22.1. The molecule has 73 heavy (non-hydrogen) atoms. The third-order valence-electron chi connectivity index (χ3n) is 17.4. The minimum atomic E-state index is -4.63. The maximum absolute atomic E-state index is 14.7. The highest BCUT2D eigenvalue weighted by molar-refractivity contribution is 7.90. The number of morpholine rings is 1. The second kappa shape index (κ2) is 19.5. The lowest BCUT2D eigenvalue weighted by atomic mass is 9.53. The van der Waals surface area contributed by atoms with Crippen molar-refractivity contribution in [2.75, 3.05) is 67.7 Å². The van der Waals surface area contributed by atoms with Crippen LogP contribution in [0.5, 0.6) is 5.88 Å². The van der Waals surface area contributed by atoms with Crippen LogP contribution in [0.3, 0.4) is 0 Å². The Morgan fingerprint density at radius 3 is 2.49 bits per heavy atom. The topological polar surface area (TPSA) is 205 Å². The van der Waals surface area contributed by atoms with Crippen LogP contribution in [0.1, 0.15) is 113 Å². The number of anilines is 4. The smallest absolute Gasteiger partial charge is 0.293 e. The molecule has 5 atom stereocenters. The molecule has 1 spiro atoms. The molecule has 6 aliphatic rings. The van der Waals surface area contributed by atoms with Crippen molar-refractivity contribution in [2.45, 2.75) is 120 Å². The fourth-order valence-corrected chi connectivity index (χ4v) is 13.9. The number of H-pyrrole nitrogens is 1. The van der Waals surface area contributed by atoms with Gasteiger partial charge in [-0.05, 0) is 129 Å². The Hall–Kier alpha value is -5.79. The van der Waals surface area contributed by atoms with Crippen LogP contribution in [-0.4, -0.2) is 116 Å². The lowest BCUT2D eigenvalue weighted by molar-refractivity contribution is -0.384. The van der Waals surface area contributed by atoms with Gasteiger partial charge in [0.15, 0.2) is 0 Å². The molecule has 1 amide bonds. The molecule has 6 heterocycles. The van der Waals surface area contributed by atoms with E-state index >= 15 is 0 Å². The number of fused-ring (bicyclic) bond motifs is 3. The number of amides is 1. The molecule has 5 aromatic rings. The summed E-state index contributed by atoms with van der Waals surface area (Å²) in [6.45, 7) is 14.0. The van der Waals surface area contributed by atoms with Crippen LogP contribution in [0.25, 0.3) is 11.0 Å². The Balaban J connectivity index is 0.873. The van der Waals surface area contributed by atoms with E-state index in [0.29, 0.717) is 86.4 Å². The van der Waals surface area contributed by atoms with Crippen molar-refractivity contribution < 1.29 is 37.5 Å². The minimum absolute atomic E-state index is 0.0981. The molecule has 4 aliphatic heterocycles. The zero-order valence-electron chi connectivity index (χ0n) is 42.2. The maximum atomic E-state index is 14.7. The number of aliphatic hydroxyl groups is 1. The molecular weight excluding hydrogens is 949 g/mol. The van der Waals surface area contributed by atoms with Crippen molar-refractivity contribution in [1.82, 2.24) is 19.6 Å². The lowest BCUT2D eigenvalue weighted by Crippen LogP contribution is -2.63. The predicted octanol–water partition coefficient (Wildman–Crippen LogP) is 8.82. The number of nitro benzene ring substituents is 1. The van der Waals surface area contributed by atoms with E-state index in [1.165, 1.54) is 23.3 Å². The molecule has 0 radical (unpaired) electrons. The van der Waals surface area contributed by atoms with Crippen molar-refractivity contribution in [1.29, 1.82) is 0 Å². The molecular formula is C55H68N8O9S. The zero-order valence-corrected chi connectivity index (χ0v) is 43.0. The number of benzene rings is 3. The number of carbonyl (C=O) groups excluding carboxylic acids is 1. The molecule has 3 saturated heterocycles. The molecule has 0 bridgehead atoms. The molecule has 2 saturated carbocycles. The van der Waals surface area contributed by atoms with Gasteiger partial charge in [-0.3, -0.25) is 19.8 Å². The number of carbonyl (C=O) groups is 1. The Morgan fingerprint density at radius 2 is 1.73 bits per heavy atom. The van der Waals surface area contributed by atoms with E-state index < -0.39 is 37.0 Å². The Bertz CT molecular complexity index is 3000. The second-order valence-corrected chi connectivity index (χ2v) is 23.8. The molecule has 2 aromatic heterocycles. The van der Waals surface area contributed by atoms with Crippen LogP contribution in [0.2, 0.25) is 0 Å². The summed E-state index contributed by atoms with van der Waals surface area (Å²) >= 11 is 0. The number of nitrogens with one attached hydrogen (secondary N) is 3. The highest BCUT2D eigenvalue weighted by atomic mass is 32.2. The average Bonchev–Trinajstić information content (AvgIpc) is 3.85. The lowest BCUT2D eigenvalue weighted by Gasteiger charge is -2.62. The molecule has 3 aromatic carbocycles. The quantitative estimate of drug-likeness (QED) is 0.0681. The first kappa shape index (κ1) is 49.4. The summed E-state index contributed by atoms with van der Waals surface area (Å²) < 4.78 is 49.5. The monoisotopic (exact) mass is 1020 g/mol. The number of piperidine rings is 1. The molecule has 4 N–H and O–H groups in total. The molecule has 388 valence electrons. The fraction of sp³-hybridized carbons (Fsp3) is 0.527. The van der Waals surface area contributed by atoms with Gasteiger partial charge in [-0.1, -0.05) is 45.0 Å². The number of hydrogen-bond acceptors (Lipinski definition) is 14. The van der Waals surface area contributed by atoms with Crippen LogP contribution in [0.4, 0.5) is 28.4 Å². The maximum Gasteiger partial charge on any atom is 0.293 e. The Kier molecular flexibility index (Phi) is 13.2. The highest BCUT2D eigenvalue weighted by Crippen LogP contribution is 2.57. The number of aromatic nitrogens is 2. The SMILES string of the molecule is CC(C)c1ccccc1[C@H]1COCCN1[C@H]1CC2(CCN(c3ccc(C(=O)NS(=O)(=O)c4ccc(NCC5CCC(C)(O)CC5)c([N+](=O)[O-])c4)c(N4c5cc6cc[nH]c6nc5O[C@@H]5CCOC[C@H]54)c3)CC2)[C@H]1C. The summed E-state index contributed by atoms with van der Waals surface area (Å²) in [5.74, 6) is 0.611. The largest absolute Gasteiger partial charge is 0.470 e. The van der Waals surface area contributed by atoms with Crippen LogP contribution in [0.15, 0.2) is 83.9 Å². The van der Waals surface area contributed by atoms with Crippen molar-refractivity contribution >= 4 is 55.4 Å². The summed E-state index contributed by atoms with van der Waals surface area (Å²) in [6.07, 6.45) is 7.99. The third-order valence-corrected chi connectivity index (χ3v) is 18.7. The van der Waals surface area contributed by atoms with E-state index in [1.807, 2.05) is 42.3 Å². The summed E-state index contributed by atoms with van der Waals surface area (Å²) in [5, 5.41) is 26.8. The van der Waals surface area contributed by atoms with Crippen molar-refractivity contribution in [3.8, 4) is 5.88 Å². The van der Waals surface area contributed by atoms with Gasteiger partial charge < -0.3 is 39.4 Å². The van der Waals surface area contributed by atoms with E-state index in [-0.39, 0.29) is 40.8 Å². The first-order valence-electron chi connectivity index (χ1n) is 26.2. The molecule has 0 unspecified atom stereocenters. The molecule has 18 heteroatoms. The van der Waals surface area contributed by atoms with E-state index in [1.54, 1.807) is 6.07 Å². The minimum Gasteiger partial charge on any atom is -0.470 e. The first-order chi connectivity index (χ1) is 35.1. The van der Waals surface area contributed by atoms with E-state index in [2.05, 4.69) is 69.9 Å². The van der Waals surface area contributed by atoms with Crippen molar-refractivity contribution in [3.05, 3.63) is 106 Å². The van der Waals surface area contributed by atoms with Crippen LogP contribution in [0, 0.1) is 27.4 Å². The zero-order chi connectivity index (χ0) is 50.8. The van der Waals surface area contributed by atoms with Crippen LogP contribution in [-0.2, 0) is 19.5 Å². The predicted molar refractivity (Wildman–Crippen MR) is 279 cm³/mol. The molecule has 17 nitrogen and oxygen atoms in total. The summed E-state index contributed by atoms with van der Waals surface area (Å²) in [4.78, 5) is 41.3.